The van der Waals surface area contributed by atoms with E-state index in [1.54, 1.807) is 0 Å². The van der Waals surface area contributed by atoms with Gasteiger partial charge in [-0.2, -0.15) is 5.26 Å². The first-order valence-electron chi connectivity index (χ1n) is 10.3. The number of hydrogen-bond donors (Lipinski definition) is 1. The lowest BCUT2D eigenvalue weighted by Crippen LogP contribution is -2.21. The zero-order chi connectivity index (χ0) is 19.4. The second-order valence-corrected chi connectivity index (χ2v) is 7.52. The van der Waals surface area contributed by atoms with E-state index in [1.165, 1.54) is 28.1 Å². The van der Waals surface area contributed by atoms with Gasteiger partial charge in [-0.15, -0.1) is 0 Å². The van der Waals surface area contributed by atoms with E-state index in [9.17, 15) is 5.26 Å². The van der Waals surface area contributed by atoms with Gasteiger partial charge < -0.3 is 5.73 Å². The molecule has 0 saturated carbocycles. The summed E-state index contributed by atoms with van der Waals surface area (Å²) in [5.74, 6) is 1.26. The van der Waals surface area contributed by atoms with Gasteiger partial charge in [0.1, 0.15) is 11.9 Å². The SMILES string of the molecule is CCCc1ccc(N)c(C#N)c1C1CCc2c(CCC)nc(CC)nc2C1. The Morgan fingerprint density at radius 1 is 1.15 bits per heavy atom. The summed E-state index contributed by atoms with van der Waals surface area (Å²) in [5, 5.41) is 9.76. The molecule has 0 spiro atoms. The number of nitrogen functional groups attached to an aromatic ring is 1. The molecule has 1 aliphatic rings. The number of hydrogen-bond acceptors (Lipinski definition) is 4. The summed E-state index contributed by atoms with van der Waals surface area (Å²) in [6, 6.07) is 6.39. The number of nitrogens with two attached hydrogens (primary N) is 1. The minimum absolute atomic E-state index is 0.311. The number of nitriles is 1. The van der Waals surface area contributed by atoms with E-state index < -0.39 is 0 Å². The minimum atomic E-state index is 0.311. The summed E-state index contributed by atoms with van der Waals surface area (Å²) in [4.78, 5) is 9.68. The standard InChI is InChI=1S/C23H30N4/c1-4-7-15-10-12-19(25)18(14-24)23(15)16-9-11-17-20(8-5-2)26-22(6-3)27-21(17)13-16/h10,12,16H,4-9,11,13,25H2,1-3H3. The molecule has 1 unspecified atom stereocenters. The molecule has 1 heterocycles. The van der Waals surface area contributed by atoms with Gasteiger partial charge in [0.25, 0.3) is 0 Å². The summed E-state index contributed by atoms with van der Waals surface area (Å²) in [6.45, 7) is 6.50. The van der Waals surface area contributed by atoms with Crippen molar-refractivity contribution in [3.63, 3.8) is 0 Å². The van der Waals surface area contributed by atoms with E-state index in [4.69, 9.17) is 15.7 Å². The molecule has 0 radical (unpaired) electrons. The molecule has 2 aromatic rings. The van der Waals surface area contributed by atoms with Crippen molar-refractivity contribution in [2.75, 3.05) is 5.73 Å². The van der Waals surface area contributed by atoms with Crippen molar-refractivity contribution in [2.24, 2.45) is 0 Å². The molecule has 2 N–H and O–H groups in total. The van der Waals surface area contributed by atoms with E-state index in [0.29, 0.717) is 17.2 Å². The summed E-state index contributed by atoms with van der Waals surface area (Å²) in [6.07, 6.45) is 7.94. The number of rotatable bonds is 6. The van der Waals surface area contributed by atoms with Gasteiger partial charge in [0.05, 0.1) is 5.56 Å². The maximum absolute atomic E-state index is 9.76. The Morgan fingerprint density at radius 2 is 1.93 bits per heavy atom. The van der Waals surface area contributed by atoms with E-state index in [1.807, 2.05) is 6.07 Å². The van der Waals surface area contributed by atoms with Gasteiger partial charge >= 0.3 is 0 Å². The molecule has 27 heavy (non-hydrogen) atoms. The van der Waals surface area contributed by atoms with Gasteiger partial charge in [-0.3, -0.25) is 0 Å². The van der Waals surface area contributed by atoms with Crippen LogP contribution < -0.4 is 5.73 Å². The number of benzene rings is 1. The molecule has 0 fully saturated rings. The van der Waals surface area contributed by atoms with E-state index in [0.717, 1.165) is 57.2 Å². The van der Waals surface area contributed by atoms with Gasteiger partial charge in [-0.05, 0) is 60.8 Å². The van der Waals surface area contributed by atoms with Crippen molar-refractivity contribution in [1.82, 2.24) is 9.97 Å². The maximum Gasteiger partial charge on any atom is 0.128 e. The average Bonchev–Trinajstić information content (AvgIpc) is 2.68. The zero-order valence-electron chi connectivity index (χ0n) is 16.8. The van der Waals surface area contributed by atoms with Crippen molar-refractivity contribution in [2.45, 2.75) is 78.1 Å². The van der Waals surface area contributed by atoms with Gasteiger partial charge in [0, 0.05) is 23.5 Å². The van der Waals surface area contributed by atoms with Crippen LogP contribution in [-0.2, 0) is 32.1 Å². The zero-order valence-corrected chi connectivity index (χ0v) is 16.8. The van der Waals surface area contributed by atoms with Crippen LogP contribution in [0.5, 0.6) is 0 Å². The summed E-state index contributed by atoms with van der Waals surface area (Å²) < 4.78 is 0. The van der Waals surface area contributed by atoms with E-state index in [-0.39, 0.29) is 0 Å². The Balaban J connectivity index is 2.05. The van der Waals surface area contributed by atoms with Crippen molar-refractivity contribution in [3.8, 4) is 6.07 Å². The monoisotopic (exact) mass is 362 g/mol. The molecule has 0 amide bonds. The second kappa shape index (κ2) is 8.52. The first-order chi connectivity index (χ1) is 13.1. The normalized spacial score (nSPS) is 16.0. The Morgan fingerprint density at radius 3 is 2.59 bits per heavy atom. The van der Waals surface area contributed by atoms with Gasteiger partial charge in [-0.25, -0.2) is 9.97 Å². The van der Waals surface area contributed by atoms with Gasteiger partial charge in [-0.1, -0.05) is 39.7 Å². The van der Waals surface area contributed by atoms with Gasteiger partial charge in [0.2, 0.25) is 0 Å². The third-order valence-corrected chi connectivity index (χ3v) is 5.62. The van der Waals surface area contributed by atoms with Gasteiger partial charge in [0.15, 0.2) is 0 Å². The predicted octanol–water partition coefficient (Wildman–Crippen LogP) is 4.67. The first kappa shape index (κ1) is 19.4. The second-order valence-electron chi connectivity index (χ2n) is 7.52. The highest BCUT2D eigenvalue weighted by Crippen LogP contribution is 2.38. The molecule has 4 heteroatoms. The number of aryl methyl sites for hydroxylation is 3. The van der Waals surface area contributed by atoms with Crippen LogP contribution in [0.4, 0.5) is 5.69 Å². The number of nitrogens with zero attached hydrogens (tertiary/aromatic N) is 3. The fraction of sp³-hybridized carbons (Fsp3) is 0.522. The van der Waals surface area contributed by atoms with Crippen molar-refractivity contribution < 1.29 is 0 Å². The van der Waals surface area contributed by atoms with Crippen molar-refractivity contribution in [3.05, 3.63) is 51.6 Å². The molecule has 1 aromatic heterocycles. The third-order valence-electron chi connectivity index (χ3n) is 5.62. The highest BCUT2D eigenvalue weighted by Gasteiger charge is 2.28. The quantitative estimate of drug-likeness (QED) is 0.758. The number of aromatic nitrogens is 2. The molecule has 1 aromatic carbocycles. The minimum Gasteiger partial charge on any atom is -0.398 e. The Bertz CT molecular complexity index is 864. The topological polar surface area (TPSA) is 75.6 Å². The van der Waals surface area contributed by atoms with E-state index >= 15 is 0 Å². The van der Waals surface area contributed by atoms with Crippen LogP contribution >= 0.6 is 0 Å². The molecule has 142 valence electrons. The predicted molar refractivity (Wildman–Crippen MR) is 110 cm³/mol. The van der Waals surface area contributed by atoms with Crippen LogP contribution in [0.25, 0.3) is 0 Å². The van der Waals surface area contributed by atoms with E-state index in [2.05, 4.69) is 32.9 Å². The lowest BCUT2D eigenvalue weighted by molar-refractivity contribution is 0.554. The molecule has 0 saturated heterocycles. The fourth-order valence-corrected chi connectivity index (χ4v) is 4.36. The molecular weight excluding hydrogens is 332 g/mol. The van der Waals surface area contributed by atoms with Crippen molar-refractivity contribution in [1.29, 1.82) is 5.26 Å². The molecule has 4 nitrogen and oxygen atoms in total. The van der Waals surface area contributed by atoms with Crippen LogP contribution in [0, 0.1) is 11.3 Å². The highest BCUT2D eigenvalue weighted by molar-refractivity contribution is 5.61. The Kier molecular flexibility index (Phi) is 6.11. The van der Waals surface area contributed by atoms with Crippen LogP contribution in [0.15, 0.2) is 12.1 Å². The van der Waals surface area contributed by atoms with Crippen LogP contribution in [0.1, 0.15) is 85.4 Å². The van der Waals surface area contributed by atoms with Crippen LogP contribution in [-0.4, -0.2) is 9.97 Å². The number of anilines is 1. The lowest BCUT2D eigenvalue weighted by atomic mass is 9.77. The Hall–Kier alpha value is -2.41. The summed E-state index contributed by atoms with van der Waals surface area (Å²) >= 11 is 0. The lowest BCUT2D eigenvalue weighted by Gasteiger charge is -2.28. The van der Waals surface area contributed by atoms with Crippen LogP contribution in [0.3, 0.4) is 0 Å². The Labute approximate surface area is 162 Å². The molecular formula is C23H30N4. The fourth-order valence-electron chi connectivity index (χ4n) is 4.36. The molecule has 1 aliphatic carbocycles. The van der Waals surface area contributed by atoms with Crippen LogP contribution in [0.2, 0.25) is 0 Å². The molecule has 0 aliphatic heterocycles. The highest BCUT2D eigenvalue weighted by atomic mass is 14.9. The molecule has 3 rings (SSSR count). The maximum atomic E-state index is 9.76. The average molecular weight is 363 g/mol. The molecule has 1 atom stereocenters. The first-order valence-corrected chi connectivity index (χ1v) is 10.3. The van der Waals surface area contributed by atoms with Crippen molar-refractivity contribution >= 4 is 5.69 Å². The number of fused-ring (bicyclic) bond motifs is 1. The summed E-state index contributed by atoms with van der Waals surface area (Å²) in [7, 11) is 0. The third kappa shape index (κ3) is 3.83. The smallest absolute Gasteiger partial charge is 0.128 e. The molecule has 0 bridgehead atoms. The summed E-state index contributed by atoms with van der Waals surface area (Å²) in [5.41, 5.74) is 13.6. The largest absolute Gasteiger partial charge is 0.398 e.